The van der Waals surface area contributed by atoms with Crippen LogP contribution in [0.4, 0.5) is 5.69 Å². The molecule has 0 atom stereocenters. The van der Waals surface area contributed by atoms with Gasteiger partial charge in [0.15, 0.2) is 0 Å². The molecule has 0 aliphatic carbocycles. The van der Waals surface area contributed by atoms with E-state index < -0.39 is 10.0 Å². The van der Waals surface area contributed by atoms with Crippen molar-refractivity contribution in [2.24, 2.45) is 0 Å². The van der Waals surface area contributed by atoms with Crippen molar-refractivity contribution in [3.63, 3.8) is 0 Å². The van der Waals surface area contributed by atoms with E-state index in [1.807, 2.05) is 12.1 Å². The molecule has 1 heterocycles. The Balaban J connectivity index is 1.91. The number of sulfonamides is 1. The largest absolute Gasteiger partial charge is 0.399 e. The third kappa shape index (κ3) is 3.08. The van der Waals surface area contributed by atoms with E-state index in [0.717, 1.165) is 5.56 Å². The number of hydrogen-bond donors (Lipinski definition) is 3. The van der Waals surface area contributed by atoms with E-state index in [1.165, 1.54) is 12.4 Å². The molecule has 96 valence electrons. The van der Waals surface area contributed by atoms with Crippen LogP contribution in [0.25, 0.3) is 0 Å². The summed E-state index contributed by atoms with van der Waals surface area (Å²) in [5.41, 5.74) is 7.29. The molecule has 2 rings (SSSR count). The van der Waals surface area contributed by atoms with E-state index in [1.54, 1.807) is 12.1 Å². The van der Waals surface area contributed by atoms with Crippen LogP contribution in [0.5, 0.6) is 0 Å². The number of nitrogens with one attached hydrogen (secondary N) is 2. The van der Waals surface area contributed by atoms with Gasteiger partial charge in [-0.15, -0.1) is 0 Å². The Labute approximate surface area is 105 Å². The van der Waals surface area contributed by atoms with Crippen LogP contribution in [-0.2, 0) is 16.4 Å². The first-order valence-corrected chi connectivity index (χ1v) is 6.89. The summed E-state index contributed by atoms with van der Waals surface area (Å²) in [6.45, 7) is 0.331. The molecule has 18 heavy (non-hydrogen) atoms. The van der Waals surface area contributed by atoms with Gasteiger partial charge in [-0.25, -0.2) is 13.1 Å². The zero-order valence-electron chi connectivity index (χ0n) is 9.63. The second-order valence-corrected chi connectivity index (χ2v) is 5.59. The highest BCUT2D eigenvalue weighted by Crippen LogP contribution is 2.07. The molecule has 0 fully saturated rings. The molecule has 1 aromatic heterocycles. The normalized spacial score (nSPS) is 11.6. The van der Waals surface area contributed by atoms with E-state index in [2.05, 4.69) is 14.9 Å². The molecule has 0 amide bonds. The highest BCUT2D eigenvalue weighted by molar-refractivity contribution is 7.89. The number of benzene rings is 1. The number of nitrogens with zero attached hydrogens (tertiary/aromatic N) is 1. The molecule has 0 saturated carbocycles. The van der Waals surface area contributed by atoms with Crippen molar-refractivity contribution in [3.8, 4) is 0 Å². The standard InChI is InChI=1S/C11H14N4O2S/c12-10-3-1-9(2-4-10)5-6-15-18(16,17)11-7-13-14-8-11/h1-4,7-8,15H,5-6,12H2,(H,13,14). The monoisotopic (exact) mass is 266 g/mol. The third-order valence-corrected chi connectivity index (χ3v) is 3.90. The molecule has 1 aromatic carbocycles. The summed E-state index contributed by atoms with van der Waals surface area (Å²) < 4.78 is 26.0. The number of hydrogen-bond acceptors (Lipinski definition) is 4. The van der Waals surface area contributed by atoms with Gasteiger partial charge in [0.05, 0.1) is 6.20 Å². The molecular formula is C11H14N4O2S. The molecule has 0 aliphatic heterocycles. The van der Waals surface area contributed by atoms with Crippen molar-refractivity contribution in [1.29, 1.82) is 0 Å². The predicted octanol–water partition coefficient (Wildman–Crippen LogP) is 0.513. The summed E-state index contributed by atoms with van der Waals surface area (Å²) in [5.74, 6) is 0. The van der Waals surface area contributed by atoms with Crippen molar-refractivity contribution in [2.75, 3.05) is 12.3 Å². The number of nitrogen functional groups attached to an aromatic ring is 1. The smallest absolute Gasteiger partial charge is 0.243 e. The molecule has 0 saturated heterocycles. The van der Waals surface area contributed by atoms with Crippen molar-refractivity contribution >= 4 is 15.7 Å². The summed E-state index contributed by atoms with van der Waals surface area (Å²) in [4.78, 5) is 0.139. The molecule has 7 heteroatoms. The number of nitrogens with two attached hydrogens (primary N) is 1. The molecule has 6 nitrogen and oxygen atoms in total. The maximum Gasteiger partial charge on any atom is 0.243 e. The Hall–Kier alpha value is -1.86. The number of rotatable bonds is 5. The lowest BCUT2D eigenvalue weighted by Gasteiger charge is -2.05. The van der Waals surface area contributed by atoms with Gasteiger partial charge in [0, 0.05) is 18.4 Å². The van der Waals surface area contributed by atoms with Gasteiger partial charge >= 0.3 is 0 Å². The zero-order chi connectivity index (χ0) is 13.0. The predicted molar refractivity (Wildman–Crippen MR) is 68.3 cm³/mol. The highest BCUT2D eigenvalue weighted by atomic mass is 32.2. The van der Waals surface area contributed by atoms with E-state index >= 15 is 0 Å². The summed E-state index contributed by atoms with van der Waals surface area (Å²) in [6.07, 6.45) is 3.22. The maximum atomic E-state index is 11.7. The molecule has 0 aliphatic rings. The molecule has 2 aromatic rings. The molecule has 0 unspecified atom stereocenters. The van der Waals surface area contributed by atoms with E-state index in [4.69, 9.17) is 5.73 Å². The van der Waals surface area contributed by atoms with E-state index in [9.17, 15) is 8.42 Å². The van der Waals surface area contributed by atoms with Gasteiger partial charge in [-0.3, -0.25) is 5.10 Å². The lowest BCUT2D eigenvalue weighted by Crippen LogP contribution is -2.25. The lowest BCUT2D eigenvalue weighted by molar-refractivity contribution is 0.581. The van der Waals surface area contributed by atoms with E-state index in [0.29, 0.717) is 18.7 Å². The minimum absolute atomic E-state index is 0.139. The van der Waals surface area contributed by atoms with E-state index in [-0.39, 0.29) is 4.90 Å². The van der Waals surface area contributed by atoms with Crippen LogP contribution in [0.3, 0.4) is 0 Å². The third-order valence-electron chi connectivity index (χ3n) is 2.47. The second kappa shape index (κ2) is 5.19. The zero-order valence-corrected chi connectivity index (χ0v) is 10.4. The number of anilines is 1. The van der Waals surface area contributed by atoms with Crippen LogP contribution in [-0.4, -0.2) is 25.2 Å². The number of H-pyrrole nitrogens is 1. The average molecular weight is 266 g/mol. The van der Waals surface area contributed by atoms with Crippen molar-refractivity contribution in [2.45, 2.75) is 11.3 Å². The molecule has 0 spiro atoms. The van der Waals surface area contributed by atoms with Crippen molar-refractivity contribution < 1.29 is 8.42 Å². The molecular weight excluding hydrogens is 252 g/mol. The SMILES string of the molecule is Nc1ccc(CCNS(=O)(=O)c2cn[nH]c2)cc1. The lowest BCUT2D eigenvalue weighted by atomic mass is 10.1. The van der Waals surface area contributed by atoms with Gasteiger partial charge in [-0.05, 0) is 24.1 Å². The first-order valence-electron chi connectivity index (χ1n) is 5.41. The summed E-state index contributed by atoms with van der Waals surface area (Å²) in [7, 11) is -3.46. The Kier molecular flexibility index (Phi) is 3.63. The van der Waals surface area contributed by atoms with Crippen LogP contribution in [0.15, 0.2) is 41.6 Å². The minimum Gasteiger partial charge on any atom is -0.399 e. The van der Waals surface area contributed by atoms with Crippen molar-refractivity contribution in [3.05, 3.63) is 42.2 Å². The van der Waals surface area contributed by atoms with Gasteiger partial charge in [0.1, 0.15) is 4.90 Å². The highest BCUT2D eigenvalue weighted by Gasteiger charge is 2.13. The van der Waals surface area contributed by atoms with Crippen LogP contribution in [0, 0.1) is 0 Å². The second-order valence-electron chi connectivity index (χ2n) is 3.82. The van der Waals surface area contributed by atoms with Crippen LogP contribution < -0.4 is 10.5 Å². The minimum atomic E-state index is -3.46. The fourth-order valence-electron chi connectivity index (χ4n) is 1.48. The van der Waals surface area contributed by atoms with Gasteiger partial charge < -0.3 is 5.73 Å². The van der Waals surface area contributed by atoms with Crippen LogP contribution in [0.2, 0.25) is 0 Å². The van der Waals surface area contributed by atoms with Gasteiger partial charge in [0.2, 0.25) is 10.0 Å². The summed E-state index contributed by atoms with van der Waals surface area (Å²) in [6, 6.07) is 7.34. The number of aromatic nitrogens is 2. The number of aromatic amines is 1. The van der Waals surface area contributed by atoms with Crippen LogP contribution >= 0.6 is 0 Å². The first-order chi connectivity index (χ1) is 8.58. The summed E-state index contributed by atoms with van der Waals surface area (Å²) >= 11 is 0. The molecule has 0 bridgehead atoms. The average Bonchev–Trinajstić information content (AvgIpc) is 2.86. The Morgan fingerprint density at radius 2 is 2.00 bits per heavy atom. The fraction of sp³-hybridized carbons (Fsp3) is 0.182. The first kappa shape index (κ1) is 12.6. The Morgan fingerprint density at radius 1 is 1.28 bits per heavy atom. The Morgan fingerprint density at radius 3 is 2.61 bits per heavy atom. The van der Waals surface area contributed by atoms with Crippen molar-refractivity contribution in [1.82, 2.24) is 14.9 Å². The fourth-order valence-corrected chi connectivity index (χ4v) is 2.42. The summed E-state index contributed by atoms with van der Waals surface area (Å²) in [5, 5.41) is 6.07. The van der Waals surface area contributed by atoms with Gasteiger partial charge in [-0.2, -0.15) is 5.10 Å². The Bertz CT molecular complexity index is 590. The van der Waals surface area contributed by atoms with Crippen LogP contribution in [0.1, 0.15) is 5.56 Å². The quantitative estimate of drug-likeness (QED) is 0.686. The van der Waals surface area contributed by atoms with Gasteiger partial charge in [-0.1, -0.05) is 12.1 Å². The molecule has 4 N–H and O–H groups in total. The molecule has 0 radical (unpaired) electrons. The maximum absolute atomic E-state index is 11.7. The van der Waals surface area contributed by atoms with Gasteiger partial charge in [0.25, 0.3) is 0 Å². The topological polar surface area (TPSA) is 101 Å².